The van der Waals surface area contributed by atoms with Crippen LogP contribution in [-0.2, 0) is 0 Å². The number of para-hydroxylation sites is 1. The molecule has 108 valence electrons. The lowest BCUT2D eigenvalue weighted by Gasteiger charge is -2.13. The maximum absolute atomic E-state index is 5.59. The minimum atomic E-state index is -0.0654. The van der Waals surface area contributed by atoms with Crippen molar-refractivity contribution in [1.29, 1.82) is 0 Å². The average molecular weight is 346 g/mol. The van der Waals surface area contributed by atoms with Crippen LogP contribution in [0, 0.1) is 0 Å². The van der Waals surface area contributed by atoms with E-state index in [1.54, 1.807) is 6.26 Å². The van der Waals surface area contributed by atoms with Crippen molar-refractivity contribution in [2.45, 2.75) is 13.0 Å². The zero-order chi connectivity index (χ0) is 14.7. The molecule has 0 aliphatic heterocycles. The van der Waals surface area contributed by atoms with E-state index in [0.717, 1.165) is 28.2 Å². The second-order valence-corrected chi connectivity index (χ2v) is 5.50. The fourth-order valence-corrected chi connectivity index (χ4v) is 2.69. The Kier molecular flexibility index (Phi) is 4.22. The lowest BCUT2D eigenvalue weighted by molar-refractivity contribution is 0.443. The summed E-state index contributed by atoms with van der Waals surface area (Å²) in [6, 6.07) is 13.9. The van der Waals surface area contributed by atoms with Gasteiger partial charge in [0.1, 0.15) is 11.8 Å². The summed E-state index contributed by atoms with van der Waals surface area (Å²) in [4.78, 5) is 0. The zero-order valence-corrected chi connectivity index (χ0v) is 13.2. The minimum absolute atomic E-state index is 0.0654. The molecule has 1 unspecified atom stereocenters. The third kappa shape index (κ3) is 2.94. The number of nitrogens with zero attached hydrogens (tertiary/aromatic N) is 2. The molecule has 1 N–H and O–H groups in total. The predicted molar refractivity (Wildman–Crippen MR) is 85.5 cm³/mol. The molecule has 21 heavy (non-hydrogen) atoms. The number of rotatable bonds is 5. The van der Waals surface area contributed by atoms with E-state index in [-0.39, 0.29) is 6.04 Å². The third-order valence-electron chi connectivity index (χ3n) is 3.24. The van der Waals surface area contributed by atoms with Gasteiger partial charge in [-0.05, 0) is 46.7 Å². The molecule has 5 heteroatoms. The summed E-state index contributed by atoms with van der Waals surface area (Å²) < 4.78 is 8.41. The summed E-state index contributed by atoms with van der Waals surface area (Å²) >= 11 is 3.52. The largest absolute Gasteiger partial charge is 0.466 e. The van der Waals surface area contributed by atoms with E-state index < -0.39 is 0 Å². The van der Waals surface area contributed by atoms with Gasteiger partial charge in [-0.1, -0.05) is 25.1 Å². The highest BCUT2D eigenvalue weighted by Crippen LogP contribution is 2.29. The SMILES string of the molecule is CCNC(c1ccn(-c2ccccc2)n1)c1occc1Br. The van der Waals surface area contributed by atoms with Crippen LogP contribution in [-0.4, -0.2) is 16.3 Å². The number of furan rings is 1. The van der Waals surface area contributed by atoms with E-state index in [0.29, 0.717) is 0 Å². The number of aromatic nitrogens is 2. The van der Waals surface area contributed by atoms with Crippen molar-refractivity contribution in [3.8, 4) is 5.69 Å². The molecule has 0 saturated carbocycles. The van der Waals surface area contributed by atoms with Gasteiger partial charge in [-0.2, -0.15) is 5.10 Å². The molecule has 0 spiro atoms. The fraction of sp³-hybridized carbons (Fsp3) is 0.188. The molecule has 2 aromatic heterocycles. The molecule has 0 bridgehead atoms. The molecule has 0 amide bonds. The summed E-state index contributed by atoms with van der Waals surface area (Å²) in [6.07, 6.45) is 3.64. The molecule has 2 heterocycles. The van der Waals surface area contributed by atoms with Gasteiger partial charge >= 0.3 is 0 Å². The van der Waals surface area contributed by atoms with Gasteiger partial charge in [0.05, 0.1) is 22.1 Å². The van der Waals surface area contributed by atoms with Gasteiger partial charge < -0.3 is 9.73 Å². The second kappa shape index (κ2) is 6.28. The van der Waals surface area contributed by atoms with Gasteiger partial charge in [0.25, 0.3) is 0 Å². The first-order valence-corrected chi connectivity index (χ1v) is 7.66. The Bertz CT molecular complexity index is 705. The number of nitrogens with one attached hydrogen (secondary N) is 1. The van der Waals surface area contributed by atoms with Gasteiger partial charge in [0, 0.05) is 6.20 Å². The summed E-state index contributed by atoms with van der Waals surface area (Å²) in [6.45, 7) is 2.90. The Hall–Kier alpha value is -1.85. The van der Waals surface area contributed by atoms with Crippen LogP contribution in [0.25, 0.3) is 5.69 Å². The molecule has 3 aromatic rings. The molecule has 0 fully saturated rings. The van der Waals surface area contributed by atoms with Gasteiger partial charge in [-0.25, -0.2) is 4.68 Å². The number of halogens is 1. The molecule has 0 aliphatic rings. The molecule has 1 atom stereocenters. The minimum Gasteiger partial charge on any atom is -0.466 e. The van der Waals surface area contributed by atoms with Crippen molar-refractivity contribution in [2.24, 2.45) is 0 Å². The number of hydrogen-bond acceptors (Lipinski definition) is 3. The van der Waals surface area contributed by atoms with Gasteiger partial charge in [-0.3, -0.25) is 0 Å². The normalized spacial score (nSPS) is 12.5. The van der Waals surface area contributed by atoms with Crippen LogP contribution in [0.4, 0.5) is 0 Å². The maximum Gasteiger partial charge on any atom is 0.141 e. The van der Waals surface area contributed by atoms with E-state index in [4.69, 9.17) is 4.42 Å². The summed E-state index contributed by atoms with van der Waals surface area (Å²) in [5.74, 6) is 0.843. The van der Waals surface area contributed by atoms with Crippen LogP contribution in [0.3, 0.4) is 0 Å². The van der Waals surface area contributed by atoms with Crippen molar-refractivity contribution in [3.05, 3.63) is 70.9 Å². The summed E-state index contributed by atoms with van der Waals surface area (Å²) in [5.41, 5.74) is 1.97. The van der Waals surface area contributed by atoms with Crippen molar-refractivity contribution in [1.82, 2.24) is 15.1 Å². The van der Waals surface area contributed by atoms with E-state index in [1.807, 2.05) is 53.3 Å². The molecule has 4 nitrogen and oxygen atoms in total. The molecular weight excluding hydrogens is 330 g/mol. The van der Waals surface area contributed by atoms with E-state index >= 15 is 0 Å². The standard InChI is InChI=1S/C16H16BrN3O/c1-2-18-15(16-13(17)9-11-21-16)14-8-10-20(19-14)12-6-4-3-5-7-12/h3-11,15,18H,2H2,1H3. The second-order valence-electron chi connectivity index (χ2n) is 4.64. The summed E-state index contributed by atoms with van der Waals surface area (Å²) in [7, 11) is 0. The first kappa shape index (κ1) is 14.1. The van der Waals surface area contributed by atoms with Crippen LogP contribution in [0.1, 0.15) is 24.4 Å². The fourth-order valence-electron chi connectivity index (χ4n) is 2.26. The molecule has 0 aliphatic carbocycles. The molecule has 0 radical (unpaired) electrons. The van der Waals surface area contributed by atoms with E-state index in [1.165, 1.54) is 0 Å². The van der Waals surface area contributed by atoms with E-state index in [2.05, 4.69) is 33.3 Å². The smallest absolute Gasteiger partial charge is 0.141 e. The molecular formula is C16H16BrN3O. The Morgan fingerprint density at radius 1 is 1.24 bits per heavy atom. The topological polar surface area (TPSA) is 43.0 Å². The van der Waals surface area contributed by atoms with Crippen molar-refractivity contribution >= 4 is 15.9 Å². The van der Waals surface area contributed by atoms with Crippen molar-refractivity contribution in [3.63, 3.8) is 0 Å². The quantitative estimate of drug-likeness (QED) is 0.761. The monoisotopic (exact) mass is 345 g/mol. The van der Waals surface area contributed by atoms with Crippen molar-refractivity contribution < 1.29 is 4.42 Å². The van der Waals surface area contributed by atoms with Crippen LogP contribution in [0.15, 0.2) is 63.8 Å². The molecule has 3 rings (SSSR count). The lowest BCUT2D eigenvalue weighted by atomic mass is 10.1. The van der Waals surface area contributed by atoms with Crippen molar-refractivity contribution in [2.75, 3.05) is 6.54 Å². The zero-order valence-electron chi connectivity index (χ0n) is 11.7. The van der Waals surface area contributed by atoms with Crippen LogP contribution >= 0.6 is 15.9 Å². The highest BCUT2D eigenvalue weighted by Gasteiger charge is 2.21. The van der Waals surface area contributed by atoms with Crippen LogP contribution in [0.2, 0.25) is 0 Å². The van der Waals surface area contributed by atoms with Crippen LogP contribution in [0.5, 0.6) is 0 Å². The lowest BCUT2D eigenvalue weighted by Crippen LogP contribution is -2.22. The van der Waals surface area contributed by atoms with Gasteiger partial charge in [-0.15, -0.1) is 0 Å². The van der Waals surface area contributed by atoms with E-state index in [9.17, 15) is 0 Å². The average Bonchev–Trinajstić information content (AvgIpc) is 3.15. The van der Waals surface area contributed by atoms with Crippen LogP contribution < -0.4 is 5.32 Å². The molecule has 0 saturated heterocycles. The van der Waals surface area contributed by atoms with Gasteiger partial charge in [0.2, 0.25) is 0 Å². The number of benzene rings is 1. The Morgan fingerprint density at radius 3 is 2.71 bits per heavy atom. The first-order valence-electron chi connectivity index (χ1n) is 6.87. The highest BCUT2D eigenvalue weighted by molar-refractivity contribution is 9.10. The Morgan fingerprint density at radius 2 is 2.05 bits per heavy atom. The highest BCUT2D eigenvalue weighted by atomic mass is 79.9. The maximum atomic E-state index is 5.59. The predicted octanol–water partition coefficient (Wildman–Crippen LogP) is 3.93. The molecule has 1 aromatic carbocycles. The van der Waals surface area contributed by atoms with Gasteiger partial charge in [0.15, 0.2) is 0 Å². The summed E-state index contributed by atoms with van der Waals surface area (Å²) in [5, 5.41) is 8.08. The number of hydrogen-bond donors (Lipinski definition) is 1. The third-order valence-corrected chi connectivity index (χ3v) is 3.90. The Labute approximate surface area is 131 Å². The Balaban J connectivity index is 1.95. The first-order chi connectivity index (χ1) is 10.3.